The standard InChI is InChI=1S/C16H14F3N3O4/c17-16(18,19)8-12(15(25)26)20-14(24)11-6-7-13(23)22(21-11)9-10-4-2-1-3-5-10/h1-7,12H,8-9H2,(H,20,24)(H,25,26). The normalized spacial score (nSPS) is 12.4. The summed E-state index contributed by atoms with van der Waals surface area (Å²) in [6.45, 7) is 0.0473. The Morgan fingerprint density at radius 1 is 1.15 bits per heavy atom. The van der Waals surface area contributed by atoms with Crippen molar-refractivity contribution in [2.45, 2.75) is 25.2 Å². The number of carboxylic acid groups (broad SMARTS) is 1. The maximum atomic E-state index is 12.4. The lowest BCUT2D eigenvalue weighted by Crippen LogP contribution is -2.44. The molecule has 7 nitrogen and oxygen atoms in total. The first-order chi connectivity index (χ1) is 12.2. The first kappa shape index (κ1) is 19.2. The average Bonchev–Trinajstić information content (AvgIpc) is 2.56. The zero-order valence-corrected chi connectivity index (χ0v) is 13.2. The van der Waals surface area contributed by atoms with Crippen LogP contribution in [-0.4, -0.2) is 39.0 Å². The zero-order valence-electron chi connectivity index (χ0n) is 13.2. The molecule has 1 amide bonds. The van der Waals surface area contributed by atoms with Gasteiger partial charge in [0.1, 0.15) is 11.7 Å². The van der Waals surface area contributed by atoms with Gasteiger partial charge in [0, 0.05) is 6.07 Å². The van der Waals surface area contributed by atoms with Gasteiger partial charge in [-0.3, -0.25) is 9.59 Å². The topological polar surface area (TPSA) is 101 Å². The highest BCUT2D eigenvalue weighted by molar-refractivity contribution is 5.94. The van der Waals surface area contributed by atoms with Crippen LogP contribution in [0.5, 0.6) is 0 Å². The van der Waals surface area contributed by atoms with Gasteiger partial charge >= 0.3 is 12.1 Å². The molecule has 0 radical (unpaired) electrons. The monoisotopic (exact) mass is 369 g/mol. The number of aromatic nitrogens is 2. The van der Waals surface area contributed by atoms with Crippen LogP contribution < -0.4 is 10.9 Å². The van der Waals surface area contributed by atoms with E-state index in [4.69, 9.17) is 5.11 Å². The number of hydrogen-bond acceptors (Lipinski definition) is 4. The molecule has 1 heterocycles. The van der Waals surface area contributed by atoms with E-state index in [0.717, 1.165) is 22.4 Å². The quantitative estimate of drug-likeness (QED) is 0.802. The molecular weight excluding hydrogens is 355 g/mol. The molecule has 0 saturated heterocycles. The van der Waals surface area contributed by atoms with Crippen molar-refractivity contribution in [3.63, 3.8) is 0 Å². The molecule has 1 aromatic heterocycles. The number of amides is 1. The van der Waals surface area contributed by atoms with Gasteiger partial charge in [0.05, 0.1) is 13.0 Å². The van der Waals surface area contributed by atoms with Crippen LogP contribution in [0.4, 0.5) is 13.2 Å². The number of carboxylic acids is 1. The minimum absolute atomic E-state index is 0.0473. The first-order valence-corrected chi connectivity index (χ1v) is 7.38. The second-order valence-corrected chi connectivity index (χ2v) is 5.38. The Morgan fingerprint density at radius 2 is 1.81 bits per heavy atom. The van der Waals surface area contributed by atoms with Crippen LogP contribution in [0.1, 0.15) is 22.5 Å². The Labute approximate surface area is 145 Å². The lowest BCUT2D eigenvalue weighted by molar-refractivity contribution is -0.157. The molecule has 138 valence electrons. The number of alkyl halides is 3. The van der Waals surface area contributed by atoms with Gasteiger partial charge in [-0.1, -0.05) is 30.3 Å². The molecule has 2 rings (SSSR count). The van der Waals surface area contributed by atoms with Gasteiger partial charge in [0.15, 0.2) is 0 Å². The molecule has 0 aliphatic heterocycles. The van der Waals surface area contributed by atoms with Crippen molar-refractivity contribution in [1.82, 2.24) is 15.1 Å². The van der Waals surface area contributed by atoms with Crippen LogP contribution >= 0.6 is 0 Å². The predicted octanol–water partition coefficient (Wildman–Crippen LogP) is 1.43. The molecule has 0 saturated carbocycles. The Kier molecular flexibility index (Phi) is 5.75. The van der Waals surface area contributed by atoms with Gasteiger partial charge < -0.3 is 10.4 Å². The predicted molar refractivity (Wildman–Crippen MR) is 83.6 cm³/mol. The van der Waals surface area contributed by atoms with E-state index in [0.29, 0.717) is 0 Å². The minimum Gasteiger partial charge on any atom is -0.480 e. The van der Waals surface area contributed by atoms with Gasteiger partial charge in [-0.25, -0.2) is 9.48 Å². The van der Waals surface area contributed by atoms with Gasteiger partial charge in [-0.15, -0.1) is 0 Å². The van der Waals surface area contributed by atoms with E-state index in [1.807, 2.05) is 0 Å². The highest BCUT2D eigenvalue weighted by Gasteiger charge is 2.36. The number of halogens is 3. The van der Waals surface area contributed by atoms with Crippen molar-refractivity contribution in [2.75, 3.05) is 0 Å². The number of rotatable bonds is 6. The summed E-state index contributed by atoms with van der Waals surface area (Å²) in [5.74, 6) is -2.95. The zero-order chi connectivity index (χ0) is 19.3. The van der Waals surface area contributed by atoms with Crippen LogP contribution in [-0.2, 0) is 11.3 Å². The third-order valence-corrected chi connectivity index (χ3v) is 3.31. The number of nitrogens with one attached hydrogen (secondary N) is 1. The lowest BCUT2D eigenvalue weighted by Gasteiger charge is -2.16. The summed E-state index contributed by atoms with van der Waals surface area (Å²) in [5, 5.41) is 14.4. The Morgan fingerprint density at radius 3 is 2.38 bits per heavy atom. The number of carbonyl (C=O) groups is 2. The smallest absolute Gasteiger partial charge is 0.391 e. The molecule has 1 unspecified atom stereocenters. The van der Waals surface area contributed by atoms with Crippen molar-refractivity contribution in [3.8, 4) is 0 Å². The second-order valence-electron chi connectivity index (χ2n) is 5.38. The van der Waals surface area contributed by atoms with E-state index in [-0.39, 0.29) is 12.2 Å². The summed E-state index contributed by atoms with van der Waals surface area (Å²) in [6.07, 6.45) is -6.49. The SMILES string of the molecule is O=C(NC(CC(F)(F)F)C(=O)O)c1ccc(=O)n(Cc2ccccc2)n1. The molecule has 0 aliphatic carbocycles. The molecule has 2 N–H and O–H groups in total. The second kappa shape index (κ2) is 7.81. The summed E-state index contributed by atoms with van der Waals surface area (Å²) in [4.78, 5) is 34.8. The van der Waals surface area contributed by atoms with Crippen LogP contribution in [0.2, 0.25) is 0 Å². The molecule has 2 aromatic rings. The van der Waals surface area contributed by atoms with Crippen LogP contribution in [0.25, 0.3) is 0 Å². The largest absolute Gasteiger partial charge is 0.480 e. The van der Waals surface area contributed by atoms with Gasteiger partial charge in [-0.05, 0) is 11.6 Å². The van der Waals surface area contributed by atoms with Crippen molar-refractivity contribution in [2.24, 2.45) is 0 Å². The van der Waals surface area contributed by atoms with Crippen molar-refractivity contribution >= 4 is 11.9 Å². The van der Waals surface area contributed by atoms with E-state index in [9.17, 15) is 27.6 Å². The maximum absolute atomic E-state index is 12.4. The molecule has 26 heavy (non-hydrogen) atoms. The number of hydrogen-bond donors (Lipinski definition) is 2. The van der Waals surface area contributed by atoms with E-state index in [1.54, 1.807) is 35.6 Å². The summed E-state index contributed by atoms with van der Waals surface area (Å²) >= 11 is 0. The molecule has 0 fully saturated rings. The van der Waals surface area contributed by atoms with Gasteiger partial charge in [0.2, 0.25) is 0 Å². The Hall–Kier alpha value is -3.17. The molecule has 0 aliphatic rings. The Balaban J connectivity index is 2.19. The van der Waals surface area contributed by atoms with Crippen molar-refractivity contribution in [3.05, 3.63) is 64.1 Å². The first-order valence-electron chi connectivity index (χ1n) is 7.38. The summed E-state index contributed by atoms with van der Waals surface area (Å²) < 4.78 is 38.2. The highest BCUT2D eigenvalue weighted by atomic mass is 19.4. The summed E-state index contributed by atoms with van der Waals surface area (Å²) in [5.41, 5.74) is -0.162. The van der Waals surface area contributed by atoms with E-state index in [1.165, 1.54) is 0 Å². The van der Waals surface area contributed by atoms with Crippen LogP contribution in [0.15, 0.2) is 47.3 Å². The fourth-order valence-electron chi connectivity index (χ4n) is 2.10. The van der Waals surface area contributed by atoms with Crippen molar-refractivity contribution in [1.29, 1.82) is 0 Å². The summed E-state index contributed by atoms with van der Waals surface area (Å²) in [7, 11) is 0. The van der Waals surface area contributed by atoms with Crippen LogP contribution in [0.3, 0.4) is 0 Å². The number of nitrogens with zero attached hydrogens (tertiary/aromatic N) is 2. The molecule has 0 bridgehead atoms. The maximum Gasteiger partial charge on any atom is 0.391 e. The average molecular weight is 369 g/mol. The molecule has 1 atom stereocenters. The fraction of sp³-hybridized carbons (Fsp3) is 0.250. The molecule has 1 aromatic carbocycles. The number of benzene rings is 1. The third kappa shape index (κ3) is 5.43. The van der Waals surface area contributed by atoms with E-state index < -0.39 is 36.1 Å². The highest BCUT2D eigenvalue weighted by Crippen LogP contribution is 2.21. The van der Waals surface area contributed by atoms with Gasteiger partial charge in [-0.2, -0.15) is 18.3 Å². The fourth-order valence-corrected chi connectivity index (χ4v) is 2.10. The molecule has 0 spiro atoms. The number of carbonyl (C=O) groups excluding carboxylic acids is 1. The summed E-state index contributed by atoms with van der Waals surface area (Å²) in [6, 6.07) is 8.61. The van der Waals surface area contributed by atoms with Crippen molar-refractivity contribution < 1.29 is 27.9 Å². The van der Waals surface area contributed by atoms with Crippen LogP contribution in [0, 0.1) is 0 Å². The van der Waals surface area contributed by atoms with E-state index >= 15 is 0 Å². The molecular formula is C16H14F3N3O4. The Bertz CT molecular complexity index is 850. The molecule has 10 heteroatoms. The van der Waals surface area contributed by atoms with E-state index in [2.05, 4.69) is 5.10 Å². The van der Waals surface area contributed by atoms with Gasteiger partial charge in [0.25, 0.3) is 11.5 Å². The third-order valence-electron chi connectivity index (χ3n) is 3.31. The lowest BCUT2D eigenvalue weighted by atomic mass is 10.2. The number of aliphatic carboxylic acids is 1. The minimum atomic E-state index is -4.77.